The van der Waals surface area contributed by atoms with Crippen LogP contribution in [0.5, 0.6) is 0 Å². The van der Waals surface area contributed by atoms with Crippen LogP contribution in [0.25, 0.3) is 0 Å². The standard InChI is InChI=1S/C20H23ClN6O2/c1-2-20(15-5-3-6-16(21)13-15)17(28)27(19(29)24-20)14-25-9-11-26(12-10-25)18-22-7-4-8-23-18/h3-8,13H,2,9-12,14H2,1H3,(H,24,29)/p+1/t20-/m1/s1. The number of carbonyl (C=O) groups excluding carboxylic acids is 2. The maximum Gasteiger partial charge on any atom is 0.329 e. The summed E-state index contributed by atoms with van der Waals surface area (Å²) in [6, 6.07) is 8.59. The molecular weight excluding hydrogens is 392 g/mol. The van der Waals surface area contributed by atoms with E-state index in [2.05, 4.69) is 20.2 Å². The Labute approximate surface area is 174 Å². The van der Waals surface area contributed by atoms with Crippen molar-refractivity contribution in [2.24, 2.45) is 0 Å². The largest absolute Gasteiger partial charge is 0.330 e. The summed E-state index contributed by atoms with van der Waals surface area (Å²) in [7, 11) is 0. The van der Waals surface area contributed by atoms with Gasteiger partial charge in [0.05, 0.1) is 26.2 Å². The lowest BCUT2D eigenvalue weighted by Crippen LogP contribution is -3.16. The van der Waals surface area contributed by atoms with Crippen molar-refractivity contribution in [2.75, 3.05) is 37.7 Å². The molecule has 2 N–H and O–H groups in total. The van der Waals surface area contributed by atoms with Crippen molar-refractivity contribution >= 4 is 29.5 Å². The molecule has 1 aromatic heterocycles. The molecule has 0 aliphatic carbocycles. The van der Waals surface area contributed by atoms with Gasteiger partial charge in [-0.2, -0.15) is 0 Å². The molecule has 1 aromatic carbocycles. The van der Waals surface area contributed by atoms with Crippen molar-refractivity contribution in [3.63, 3.8) is 0 Å². The van der Waals surface area contributed by atoms with E-state index in [0.717, 1.165) is 31.7 Å². The summed E-state index contributed by atoms with van der Waals surface area (Å²) >= 11 is 6.13. The van der Waals surface area contributed by atoms with Gasteiger partial charge in [-0.25, -0.2) is 19.7 Å². The van der Waals surface area contributed by atoms with Crippen molar-refractivity contribution in [3.05, 3.63) is 53.3 Å². The van der Waals surface area contributed by atoms with E-state index in [1.807, 2.05) is 13.0 Å². The first-order valence-electron chi connectivity index (χ1n) is 9.79. The molecule has 2 fully saturated rings. The maximum absolute atomic E-state index is 13.3. The molecule has 0 bridgehead atoms. The summed E-state index contributed by atoms with van der Waals surface area (Å²) in [5.41, 5.74) is -0.337. The number of hydrogen-bond acceptors (Lipinski definition) is 5. The third-order valence-electron chi connectivity index (χ3n) is 5.71. The fraction of sp³-hybridized carbons (Fsp3) is 0.400. The summed E-state index contributed by atoms with van der Waals surface area (Å²) in [6.45, 7) is 5.38. The molecule has 2 aromatic rings. The molecule has 0 radical (unpaired) electrons. The number of anilines is 1. The number of nitrogens with one attached hydrogen (secondary N) is 2. The van der Waals surface area contributed by atoms with Gasteiger partial charge in [-0.15, -0.1) is 0 Å². The number of imide groups is 1. The van der Waals surface area contributed by atoms with E-state index in [0.29, 0.717) is 24.1 Å². The van der Waals surface area contributed by atoms with Crippen molar-refractivity contribution in [1.29, 1.82) is 0 Å². The third kappa shape index (κ3) is 3.65. The first kappa shape index (κ1) is 19.6. The Morgan fingerprint density at radius 3 is 2.55 bits per heavy atom. The smallest absolute Gasteiger partial charge is 0.329 e. The second-order valence-corrected chi connectivity index (χ2v) is 7.81. The zero-order chi connectivity index (χ0) is 20.4. The first-order valence-corrected chi connectivity index (χ1v) is 10.2. The van der Waals surface area contributed by atoms with Gasteiger partial charge < -0.3 is 15.1 Å². The molecule has 29 heavy (non-hydrogen) atoms. The molecule has 152 valence electrons. The lowest BCUT2D eigenvalue weighted by Gasteiger charge is -2.33. The van der Waals surface area contributed by atoms with Gasteiger partial charge >= 0.3 is 6.03 Å². The lowest BCUT2D eigenvalue weighted by molar-refractivity contribution is -0.907. The van der Waals surface area contributed by atoms with Crippen LogP contribution >= 0.6 is 11.6 Å². The normalized spacial score (nSPS) is 22.8. The molecule has 1 atom stereocenters. The van der Waals surface area contributed by atoms with Crippen molar-refractivity contribution in [2.45, 2.75) is 18.9 Å². The number of hydrogen-bond donors (Lipinski definition) is 2. The summed E-state index contributed by atoms with van der Waals surface area (Å²) in [4.78, 5) is 39.2. The number of amides is 3. The van der Waals surface area contributed by atoms with Crippen LogP contribution in [0.1, 0.15) is 18.9 Å². The van der Waals surface area contributed by atoms with Gasteiger partial charge in [0.25, 0.3) is 5.91 Å². The van der Waals surface area contributed by atoms with Crippen LogP contribution < -0.4 is 15.1 Å². The molecule has 3 amide bonds. The molecular formula is C20H24ClN6O2+. The zero-order valence-electron chi connectivity index (χ0n) is 16.3. The Kier molecular flexibility index (Phi) is 5.38. The topological polar surface area (TPSA) is 82.9 Å². The van der Waals surface area contributed by atoms with E-state index in [9.17, 15) is 9.59 Å². The molecule has 3 heterocycles. The molecule has 9 heteroatoms. The molecule has 0 spiro atoms. The van der Waals surface area contributed by atoms with Crippen LogP contribution in [0.4, 0.5) is 10.7 Å². The van der Waals surface area contributed by atoms with Crippen molar-refractivity contribution in [3.8, 4) is 0 Å². The van der Waals surface area contributed by atoms with Gasteiger partial charge in [-0.05, 0) is 30.2 Å². The van der Waals surface area contributed by atoms with Gasteiger partial charge in [0.15, 0.2) is 6.67 Å². The Bertz CT molecular complexity index is 903. The quantitative estimate of drug-likeness (QED) is 0.701. The number of halogens is 1. The highest BCUT2D eigenvalue weighted by Crippen LogP contribution is 2.33. The van der Waals surface area contributed by atoms with Crippen LogP contribution in [0.15, 0.2) is 42.7 Å². The number of rotatable bonds is 5. The molecule has 8 nitrogen and oxygen atoms in total. The van der Waals surface area contributed by atoms with E-state index in [1.165, 1.54) is 9.80 Å². The molecule has 2 aliphatic rings. The van der Waals surface area contributed by atoms with Gasteiger partial charge in [0.1, 0.15) is 5.54 Å². The van der Waals surface area contributed by atoms with Gasteiger partial charge in [-0.1, -0.05) is 30.7 Å². The summed E-state index contributed by atoms with van der Waals surface area (Å²) in [5, 5.41) is 3.46. The van der Waals surface area contributed by atoms with Crippen LogP contribution in [0, 0.1) is 0 Å². The average Bonchev–Trinajstić information content (AvgIpc) is 3.00. The first-order chi connectivity index (χ1) is 14.0. The van der Waals surface area contributed by atoms with E-state index in [1.54, 1.807) is 36.7 Å². The highest BCUT2D eigenvalue weighted by Gasteiger charge is 2.52. The van der Waals surface area contributed by atoms with Crippen LogP contribution in [-0.4, -0.2) is 59.7 Å². The average molecular weight is 416 g/mol. The molecule has 0 saturated carbocycles. The van der Waals surface area contributed by atoms with Crippen molar-refractivity contribution in [1.82, 2.24) is 20.2 Å². The maximum atomic E-state index is 13.3. The van der Waals surface area contributed by atoms with E-state index < -0.39 is 5.54 Å². The predicted molar refractivity (Wildman–Crippen MR) is 109 cm³/mol. The number of piperazine rings is 1. The van der Waals surface area contributed by atoms with Gasteiger partial charge in [-0.3, -0.25) is 4.79 Å². The highest BCUT2D eigenvalue weighted by atomic mass is 35.5. The van der Waals surface area contributed by atoms with E-state index in [-0.39, 0.29) is 11.9 Å². The predicted octanol–water partition coefficient (Wildman–Crippen LogP) is 0.650. The Hall–Kier alpha value is -2.71. The summed E-state index contributed by atoms with van der Waals surface area (Å²) < 4.78 is 0. The number of aromatic nitrogens is 2. The fourth-order valence-corrected chi connectivity index (χ4v) is 4.21. The second-order valence-electron chi connectivity index (χ2n) is 7.38. The van der Waals surface area contributed by atoms with Crippen molar-refractivity contribution < 1.29 is 14.5 Å². The Balaban J connectivity index is 1.45. The third-order valence-corrected chi connectivity index (χ3v) is 5.95. The number of quaternary nitrogens is 1. The number of benzene rings is 1. The molecule has 4 rings (SSSR count). The SMILES string of the molecule is CC[C@]1(c2cccc(Cl)c2)NC(=O)N(C[NH+]2CCN(c3ncccn3)CC2)C1=O. The molecule has 0 unspecified atom stereocenters. The Morgan fingerprint density at radius 2 is 1.90 bits per heavy atom. The minimum atomic E-state index is -1.05. The van der Waals surface area contributed by atoms with E-state index >= 15 is 0 Å². The van der Waals surface area contributed by atoms with Gasteiger partial charge in [0, 0.05) is 17.4 Å². The van der Waals surface area contributed by atoms with Gasteiger partial charge in [0.2, 0.25) is 5.95 Å². The monoisotopic (exact) mass is 415 g/mol. The van der Waals surface area contributed by atoms with E-state index in [4.69, 9.17) is 11.6 Å². The fourth-order valence-electron chi connectivity index (χ4n) is 4.02. The van der Waals surface area contributed by atoms with Crippen LogP contribution in [0.3, 0.4) is 0 Å². The highest BCUT2D eigenvalue weighted by molar-refractivity contribution is 6.30. The number of nitrogens with zero attached hydrogens (tertiary/aromatic N) is 4. The molecule has 2 saturated heterocycles. The second kappa shape index (κ2) is 7.96. The zero-order valence-corrected chi connectivity index (χ0v) is 17.0. The van der Waals surface area contributed by atoms with Crippen LogP contribution in [-0.2, 0) is 10.3 Å². The molecule has 2 aliphatic heterocycles. The number of urea groups is 1. The summed E-state index contributed by atoms with van der Waals surface area (Å²) in [6.07, 6.45) is 3.92. The van der Waals surface area contributed by atoms with Crippen LogP contribution in [0.2, 0.25) is 5.02 Å². The minimum Gasteiger partial charge on any atom is -0.330 e. The number of carbonyl (C=O) groups is 2. The summed E-state index contributed by atoms with van der Waals surface area (Å²) in [5.74, 6) is 0.501. The minimum absolute atomic E-state index is 0.214. The lowest BCUT2D eigenvalue weighted by atomic mass is 9.87. The Morgan fingerprint density at radius 1 is 1.17 bits per heavy atom.